The van der Waals surface area contributed by atoms with E-state index in [4.69, 9.17) is 16.3 Å². The summed E-state index contributed by atoms with van der Waals surface area (Å²) >= 11 is 6.10. The van der Waals surface area contributed by atoms with E-state index in [-0.39, 0.29) is 0 Å². The molecule has 0 aliphatic rings. The molecule has 0 fully saturated rings. The van der Waals surface area contributed by atoms with Gasteiger partial charge in [-0.25, -0.2) is 0 Å². The number of nitrogens with zero attached hydrogens (tertiary/aromatic N) is 2. The third kappa shape index (κ3) is 2.97. The van der Waals surface area contributed by atoms with Crippen LogP contribution >= 0.6 is 11.6 Å². The zero-order valence-corrected chi connectivity index (χ0v) is 11.3. The molecular weight excluding hydrogens is 284 g/mol. The second-order valence-electron chi connectivity index (χ2n) is 4.08. The van der Waals surface area contributed by atoms with E-state index in [1.807, 2.05) is 0 Å². The summed E-state index contributed by atoms with van der Waals surface area (Å²) < 4.78 is 6.58. The largest absolute Gasteiger partial charge is 0.497 e. The van der Waals surface area contributed by atoms with Crippen molar-refractivity contribution in [2.24, 2.45) is 0 Å². The first-order valence-corrected chi connectivity index (χ1v) is 6.06. The van der Waals surface area contributed by atoms with Crippen LogP contribution in [0.2, 0.25) is 5.02 Å². The molecule has 0 aliphatic heterocycles. The molecule has 2 aromatic rings. The molecule has 1 heterocycles. The Hall–Kier alpha value is -2.34. The van der Waals surface area contributed by atoms with E-state index in [9.17, 15) is 14.9 Å². The molecule has 1 aromatic heterocycles. The van der Waals surface area contributed by atoms with E-state index >= 15 is 0 Å². The van der Waals surface area contributed by atoms with Crippen LogP contribution in [0.25, 0.3) is 0 Å². The number of aromatic nitrogens is 1. The average Bonchev–Trinajstić information content (AvgIpc) is 2.42. The van der Waals surface area contributed by atoms with Gasteiger partial charge in [0.1, 0.15) is 5.75 Å². The maximum absolute atomic E-state index is 11.3. The van der Waals surface area contributed by atoms with Crippen molar-refractivity contribution in [3.05, 3.63) is 67.6 Å². The summed E-state index contributed by atoms with van der Waals surface area (Å²) in [5.41, 5.74) is -0.311. The van der Waals surface area contributed by atoms with Crippen molar-refractivity contribution in [3.8, 4) is 5.75 Å². The summed E-state index contributed by atoms with van der Waals surface area (Å²) in [4.78, 5) is 21.3. The van der Waals surface area contributed by atoms with E-state index in [0.29, 0.717) is 17.3 Å². The van der Waals surface area contributed by atoms with Crippen molar-refractivity contribution >= 4 is 17.3 Å². The molecule has 0 aliphatic carbocycles. The van der Waals surface area contributed by atoms with E-state index in [0.717, 1.165) is 11.6 Å². The number of ether oxygens (including phenoxy) is 1. The lowest BCUT2D eigenvalue weighted by Gasteiger charge is -2.09. The highest BCUT2D eigenvalue weighted by molar-refractivity contribution is 6.31. The minimum absolute atomic E-state index is 0.323. The minimum Gasteiger partial charge on any atom is -0.497 e. The summed E-state index contributed by atoms with van der Waals surface area (Å²) in [5.74, 6) is 0.629. The van der Waals surface area contributed by atoms with Gasteiger partial charge in [0.25, 0.3) is 5.43 Å². The Balaban J connectivity index is 2.33. The molecule has 20 heavy (non-hydrogen) atoms. The van der Waals surface area contributed by atoms with Gasteiger partial charge >= 0.3 is 5.69 Å². The van der Waals surface area contributed by atoms with Crippen LogP contribution in [0.15, 0.2) is 41.5 Å². The van der Waals surface area contributed by atoms with Gasteiger partial charge in [0.2, 0.25) is 0 Å². The Bertz CT molecular complexity index is 712. The third-order valence-corrected chi connectivity index (χ3v) is 3.12. The molecule has 2 rings (SSSR count). The number of rotatable bonds is 4. The van der Waals surface area contributed by atoms with Crippen molar-refractivity contribution in [2.75, 3.05) is 7.11 Å². The lowest BCUT2D eigenvalue weighted by atomic mass is 10.2. The third-order valence-electron chi connectivity index (χ3n) is 2.77. The number of methoxy groups -OCH3 is 1. The van der Waals surface area contributed by atoms with E-state index in [1.165, 1.54) is 24.1 Å². The van der Waals surface area contributed by atoms with Crippen LogP contribution in [0.5, 0.6) is 5.75 Å². The molecule has 1 aromatic carbocycles. The van der Waals surface area contributed by atoms with Gasteiger partial charge in [-0.15, -0.1) is 0 Å². The first-order valence-electron chi connectivity index (χ1n) is 5.68. The number of halogens is 1. The molecule has 104 valence electrons. The molecule has 7 heteroatoms. The van der Waals surface area contributed by atoms with E-state index < -0.39 is 16.0 Å². The van der Waals surface area contributed by atoms with Crippen LogP contribution in [0.4, 0.5) is 5.69 Å². The highest BCUT2D eigenvalue weighted by Crippen LogP contribution is 2.23. The van der Waals surface area contributed by atoms with Crippen LogP contribution < -0.4 is 10.2 Å². The predicted octanol–water partition coefficient (Wildman–Crippen LogP) is 2.47. The van der Waals surface area contributed by atoms with Gasteiger partial charge in [0, 0.05) is 23.8 Å². The number of nitro groups is 1. The fraction of sp³-hybridized carbons (Fsp3) is 0.154. The summed E-state index contributed by atoms with van der Waals surface area (Å²) in [6, 6.07) is 6.34. The second-order valence-corrected chi connectivity index (χ2v) is 4.49. The highest BCUT2D eigenvalue weighted by Gasteiger charge is 2.12. The van der Waals surface area contributed by atoms with Gasteiger partial charge < -0.3 is 9.30 Å². The standard InChI is InChI=1S/C13H11ClN2O4/c1-20-10-3-2-9(11(14)6-10)7-15-5-4-13(17)12(8-15)16(18)19/h2-6,8H,7H2,1H3. The van der Waals surface area contributed by atoms with Crippen LogP contribution in [-0.2, 0) is 6.54 Å². The molecule has 0 amide bonds. The number of benzene rings is 1. The van der Waals surface area contributed by atoms with Crippen molar-refractivity contribution < 1.29 is 9.66 Å². The summed E-state index contributed by atoms with van der Waals surface area (Å²) in [6.07, 6.45) is 2.68. The fourth-order valence-electron chi connectivity index (χ4n) is 1.73. The van der Waals surface area contributed by atoms with Crippen LogP contribution in [-0.4, -0.2) is 16.6 Å². The SMILES string of the molecule is COc1ccc(Cn2ccc(=O)c([N+](=O)[O-])c2)c(Cl)c1. The molecule has 0 spiro atoms. The molecule has 0 radical (unpaired) electrons. The summed E-state index contributed by atoms with van der Waals surface area (Å²) in [7, 11) is 1.54. The number of hydrogen-bond donors (Lipinski definition) is 0. The Kier molecular flexibility index (Phi) is 4.05. The molecular formula is C13H11ClN2O4. The maximum Gasteiger partial charge on any atom is 0.332 e. The topological polar surface area (TPSA) is 74.4 Å². The van der Waals surface area contributed by atoms with Gasteiger partial charge in [-0.3, -0.25) is 14.9 Å². The average molecular weight is 295 g/mol. The predicted molar refractivity (Wildman–Crippen MR) is 74.5 cm³/mol. The lowest BCUT2D eigenvalue weighted by molar-refractivity contribution is -0.386. The van der Waals surface area contributed by atoms with Crippen LogP contribution in [0, 0.1) is 10.1 Å². The summed E-state index contributed by atoms with van der Waals surface area (Å²) in [6.45, 7) is 0.323. The molecule has 0 saturated heterocycles. The smallest absolute Gasteiger partial charge is 0.332 e. The van der Waals surface area contributed by atoms with Gasteiger partial charge in [-0.2, -0.15) is 0 Å². The molecule has 0 N–H and O–H groups in total. The van der Waals surface area contributed by atoms with Gasteiger partial charge in [-0.05, 0) is 17.7 Å². The highest BCUT2D eigenvalue weighted by atomic mass is 35.5. The number of pyridine rings is 1. The molecule has 0 bridgehead atoms. The van der Waals surface area contributed by atoms with Crippen LogP contribution in [0.3, 0.4) is 0 Å². The molecule has 0 atom stereocenters. The zero-order chi connectivity index (χ0) is 14.7. The Morgan fingerprint density at radius 2 is 2.15 bits per heavy atom. The Morgan fingerprint density at radius 3 is 2.75 bits per heavy atom. The van der Waals surface area contributed by atoms with Crippen LogP contribution in [0.1, 0.15) is 5.56 Å². The van der Waals surface area contributed by atoms with Crippen molar-refractivity contribution in [1.82, 2.24) is 4.57 Å². The molecule has 0 unspecified atom stereocenters. The maximum atomic E-state index is 11.3. The molecule has 0 saturated carbocycles. The van der Waals surface area contributed by atoms with Gasteiger partial charge in [0.05, 0.1) is 18.2 Å². The van der Waals surface area contributed by atoms with Crippen molar-refractivity contribution in [1.29, 1.82) is 0 Å². The first-order chi connectivity index (χ1) is 9.51. The van der Waals surface area contributed by atoms with E-state index in [2.05, 4.69) is 0 Å². The lowest BCUT2D eigenvalue weighted by Crippen LogP contribution is -2.11. The molecule has 6 nitrogen and oxygen atoms in total. The summed E-state index contributed by atoms with van der Waals surface area (Å²) in [5, 5.41) is 11.2. The quantitative estimate of drug-likeness (QED) is 0.641. The fourth-order valence-corrected chi connectivity index (χ4v) is 1.96. The van der Waals surface area contributed by atoms with E-state index in [1.54, 1.807) is 18.2 Å². The van der Waals surface area contributed by atoms with Crippen molar-refractivity contribution in [2.45, 2.75) is 6.54 Å². The van der Waals surface area contributed by atoms with Crippen molar-refractivity contribution in [3.63, 3.8) is 0 Å². The van der Waals surface area contributed by atoms with Gasteiger partial charge in [0.15, 0.2) is 0 Å². The number of hydrogen-bond acceptors (Lipinski definition) is 4. The Labute approximate surface area is 119 Å². The Morgan fingerprint density at radius 1 is 1.40 bits per heavy atom. The second kappa shape index (κ2) is 5.75. The first kappa shape index (κ1) is 14.1. The zero-order valence-electron chi connectivity index (χ0n) is 10.6. The monoisotopic (exact) mass is 294 g/mol. The normalized spacial score (nSPS) is 10.3. The van der Waals surface area contributed by atoms with Gasteiger partial charge in [-0.1, -0.05) is 17.7 Å². The minimum atomic E-state index is -0.700.